The molecule has 0 saturated heterocycles. The second-order valence-electron chi connectivity index (χ2n) is 5.21. The SMILES string of the molecule is CCSCC(C)NC(C)c1ccc2c(c1)OCCCO2. The van der Waals surface area contributed by atoms with Gasteiger partial charge >= 0.3 is 0 Å². The van der Waals surface area contributed by atoms with E-state index in [0.717, 1.165) is 36.9 Å². The molecule has 0 amide bonds. The molecule has 0 spiro atoms. The third-order valence-corrected chi connectivity index (χ3v) is 4.52. The maximum Gasteiger partial charge on any atom is 0.161 e. The minimum atomic E-state index is 0.319. The Bertz CT molecular complexity index is 425. The van der Waals surface area contributed by atoms with Crippen molar-refractivity contribution in [2.45, 2.75) is 39.3 Å². The summed E-state index contributed by atoms with van der Waals surface area (Å²) in [6.45, 7) is 8.12. The summed E-state index contributed by atoms with van der Waals surface area (Å²) in [5.74, 6) is 4.06. The van der Waals surface area contributed by atoms with E-state index in [-0.39, 0.29) is 0 Å². The van der Waals surface area contributed by atoms with E-state index in [9.17, 15) is 0 Å². The lowest BCUT2D eigenvalue weighted by molar-refractivity contribution is 0.297. The van der Waals surface area contributed by atoms with Gasteiger partial charge in [-0.3, -0.25) is 0 Å². The number of ether oxygens (including phenoxy) is 2. The highest BCUT2D eigenvalue weighted by atomic mass is 32.2. The molecule has 1 heterocycles. The third kappa shape index (κ3) is 4.32. The van der Waals surface area contributed by atoms with Gasteiger partial charge in [0, 0.05) is 24.3 Å². The van der Waals surface area contributed by atoms with Gasteiger partial charge in [-0.05, 0) is 37.3 Å². The van der Waals surface area contributed by atoms with E-state index in [2.05, 4.69) is 38.2 Å². The predicted molar refractivity (Wildman–Crippen MR) is 86.1 cm³/mol. The summed E-state index contributed by atoms with van der Waals surface area (Å²) in [7, 11) is 0. The van der Waals surface area contributed by atoms with E-state index in [1.54, 1.807) is 0 Å². The van der Waals surface area contributed by atoms with E-state index < -0.39 is 0 Å². The highest BCUT2D eigenvalue weighted by Gasteiger charge is 2.14. The summed E-state index contributed by atoms with van der Waals surface area (Å²) in [4.78, 5) is 0. The Morgan fingerprint density at radius 1 is 1.20 bits per heavy atom. The van der Waals surface area contributed by atoms with Crippen LogP contribution in [0.1, 0.15) is 38.8 Å². The van der Waals surface area contributed by atoms with Crippen molar-refractivity contribution in [2.75, 3.05) is 24.7 Å². The first kappa shape index (κ1) is 15.5. The fourth-order valence-corrected chi connectivity index (χ4v) is 3.00. The van der Waals surface area contributed by atoms with Gasteiger partial charge in [0.05, 0.1) is 13.2 Å². The summed E-state index contributed by atoms with van der Waals surface area (Å²) in [6.07, 6.45) is 0.948. The molecule has 112 valence electrons. The predicted octanol–water partition coefficient (Wildman–Crippen LogP) is 3.64. The maximum absolute atomic E-state index is 5.75. The number of rotatable bonds is 6. The van der Waals surface area contributed by atoms with Gasteiger partial charge in [0.15, 0.2) is 11.5 Å². The highest BCUT2D eigenvalue weighted by Crippen LogP contribution is 2.32. The minimum Gasteiger partial charge on any atom is -0.490 e. The highest BCUT2D eigenvalue weighted by molar-refractivity contribution is 7.99. The van der Waals surface area contributed by atoms with Crippen molar-refractivity contribution in [3.8, 4) is 11.5 Å². The Hall–Kier alpha value is -0.870. The molecule has 3 nitrogen and oxygen atoms in total. The molecule has 2 unspecified atom stereocenters. The van der Waals surface area contributed by atoms with E-state index >= 15 is 0 Å². The van der Waals surface area contributed by atoms with Crippen LogP contribution in [0.2, 0.25) is 0 Å². The first-order valence-electron chi connectivity index (χ1n) is 7.44. The molecular weight excluding hydrogens is 270 g/mol. The van der Waals surface area contributed by atoms with Gasteiger partial charge in [0.1, 0.15) is 0 Å². The molecule has 0 aromatic heterocycles. The number of benzene rings is 1. The molecule has 0 fully saturated rings. The van der Waals surface area contributed by atoms with Crippen LogP contribution < -0.4 is 14.8 Å². The molecule has 0 bridgehead atoms. The van der Waals surface area contributed by atoms with Gasteiger partial charge in [-0.25, -0.2) is 0 Å². The normalized spacial score (nSPS) is 17.4. The molecule has 1 aromatic carbocycles. The van der Waals surface area contributed by atoms with E-state index in [0.29, 0.717) is 12.1 Å². The average molecular weight is 295 g/mol. The first-order chi connectivity index (χ1) is 9.70. The molecule has 0 saturated carbocycles. The zero-order chi connectivity index (χ0) is 14.4. The number of fused-ring (bicyclic) bond motifs is 1. The van der Waals surface area contributed by atoms with Crippen molar-refractivity contribution in [1.29, 1.82) is 0 Å². The van der Waals surface area contributed by atoms with Crippen LogP contribution in [0.4, 0.5) is 0 Å². The van der Waals surface area contributed by atoms with Gasteiger partial charge in [-0.15, -0.1) is 0 Å². The fourth-order valence-electron chi connectivity index (χ4n) is 2.31. The lowest BCUT2D eigenvalue weighted by Gasteiger charge is -2.21. The zero-order valence-electron chi connectivity index (χ0n) is 12.6. The molecule has 0 aliphatic carbocycles. The summed E-state index contributed by atoms with van der Waals surface area (Å²) in [6, 6.07) is 7.09. The van der Waals surface area contributed by atoms with E-state index in [1.165, 1.54) is 11.3 Å². The average Bonchev–Trinajstić information content (AvgIpc) is 2.69. The van der Waals surface area contributed by atoms with Crippen molar-refractivity contribution >= 4 is 11.8 Å². The second-order valence-corrected chi connectivity index (χ2v) is 6.52. The first-order valence-corrected chi connectivity index (χ1v) is 8.59. The molecule has 4 heteroatoms. The summed E-state index contributed by atoms with van der Waals surface area (Å²) in [5, 5.41) is 3.64. The van der Waals surface area contributed by atoms with E-state index in [1.807, 2.05) is 17.8 Å². The number of nitrogens with one attached hydrogen (secondary N) is 1. The Morgan fingerprint density at radius 2 is 1.95 bits per heavy atom. The van der Waals surface area contributed by atoms with Crippen LogP contribution >= 0.6 is 11.8 Å². The van der Waals surface area contributed by atoms with Crippen LogP contribution in [0, 0.1) is 0 Å². The van der Waals surface area contributed by atoms with Crippen molar-refractivity contribution in [2.24, 2.45) is 0 Å². The topological polar surface area (TPSA) is 30.5 Å². The largest absolute Gasteiger partial charge is 0.490 e. The molecule has 2 atom stereocenters. The molecule has 0 radical (unpaired) electrons. The molecule has 1 aliphatic heterocycles. The van der Waals surface area contributed by atoms with Crippen LogP contribution in [0.3, 0.4) is 0 Å². The van der Waals surface area contributed by atoms with Crippen molar-refractivity contribution < 1.29 is 9.47 Å². The minimum absolute atomic E-state index is 0.319. The molecule has 1 N–H and O–H groups in total. The molecule has 1 aliphatic rings. The van der Waals surface area contributed by atoms with Crippen molar-refractivity contribution in [1.82, 2.24) is 5.32 Å². The Labute approximate surface area is 126 Å². The van der Waals surface area contributed by atoms with Crippen LogP contribution in [-0.2, 0) is 0 Å². The quantitative estimate of drug-likeness (QED) is 0.868. The van der Waals surface area contributed by atoms with Crippen LogP contribution in [0.5, 0.6) is 11.5 Å². The van der Waals surface area contributed by atoms with Gasteiger partial charge in [0.2, 0.25) is 0 Å². The zero-order valence-corrected chi connectivity index (χ0v) is 13.5. The Balaban J connectivity index is 1.99. The van der Waals surface area contributed by atoms with Crippen LogP contribution in [0.15, 0.2) is 18.2 Å². The van der Waals surface area contributed by atoms with Gasteiger partial charge < -0.3 is 14.8 Å². The van der Waals surface area contributed by atoms with Crippen molar-refractivity contribution in [3.63, 3.8) is 0 Å². The Kier molecular flexibility index (Phi) is 6.05. The molecule has 2 rings (SSSR count). The third-order valence-electron chi connectivity index (χ3n) is 3.38. The lowest BCUT2D eigenvalue weighted by Crippen LogP contribution is -2.30. The van der Waals surface area contributed by atoms with Crippen LogP contribution in [-0.4, -0.2) is 30.8 Å². The maximum atomic E-state index is 5.75. The van der Waals surface area contributed by atoms with Crippen LogP contribution in [0.25, 0.3) is 0 Å². The molecular formula is C16H25NO2S. The molecule has 20 heavy (non-hydrogen) atoms. The van der Waals surface area contributed by atoms with E-state index in [4.69, 9.17) is 9.47 Å². The van der Waals surface area contributed by atoms with Crippen molar-refractivity contribution in [3.05, 3.63) is 23.8 Å². The number of hydrogen-bond acceptors (Lipinski definition) is 4. The summed E-state index contributed by atoms with van der Waals surface area (Å²) in [5.41, 5.74) is 1.25. The van der Waals surface area contributed by atoms with Gasteiger partial charge in [0.25, 0.3) is 0 Å². The number of hydrogen-bond donors (Lipinski definition) is 1. The molecule has 1 aromatic rings. The smallest absolute Gasteiger partial charge is 0.161 e. The standard InChI is InChI=1S/C16H25NO2S/c1-4-20-11-12(2)17-13(3)14-6-7-15-16(10-14)19-9-5-8-18-15/h6-7,10,12-13,17H,4-5,8-9,11H2,1-3H3. The Morgan fingerprint density at radius 3 is 2.70 bits per heavy atom. The second kappa shape index (κ2) is 7.79. The monoisotopic (exact) mass is 295 g/mol. The van der Waals surface area contributed by atoms with Gasteiger partial charge in [-0.1, -0.05) is 13.0 Å². The summed E-state index contributed by atoms with van der Waals surface area (Å²) < 4.78 is 11.4. The fraction of sp³-hybridized carbons (Fsp3) is 0.625. The summed E-state index contributed by atoms with van der Waals surface area (Å²) >= 11 is 1.97. The lowest BCUT2D eigenvalue weighted by atomic mass is 10.1. The number of thioether (sulfide) groups is 1. The van der Waals surface area contributed by atoms with Gasteiger partial charge in [-0.2, -0.15) is 11.8 Å².